The maximum Gasteiger partial charge on any atom is 0.439 e. The second-order valence-corrected chi connectivity index (χ2v) is 8.93. The summed E-state index contributed by atoms with van der Waals surface area (Å²) in [4.78, 5) is 47.5. The van der Waals surface area contributed by atoms with Gasteiger partial charge in [-0.1, -0.05) is 29.4 Å². The summed E-state index contributed by atoms with van der Waals surface area (Å²) in [6.45, 7) is 1.01. The Bertz CT molecular complexity index is 1580. The lowest BCUT2D eigenvalue weighted by atomic mass is 10.0. The Balaban J connectivity index is 1.11. The zero-order chi connectivity index (χ0) is 25.4. The molecule has 2 aromatic carbocycles. The van der Waals surface area contributed by atoms with Crippen molar-refractivity contribution >= 4 is 11.8 Å². The fraction of sp³-hybridized carbons (Fsp3) is 0.231. The molecule has 2 aromatic heterocycles. The molecule has 11 nitrogen and oxygen atoms in total. The van der Waals surface area contributed by atoms with Crippen LogP contribution in [0.5, 0.6) is 5.75 Å². The zero-order valence-corrected chi connectivity index (χ0v) is 19.6. The highest BCUT2D eigenvalue weighted by atomic mass is 16.5. The van der Waals surface area contributed by atoms with Gasteiger partial charge in [0.05, 0.1) is 12.6 Å². The Hall–Kier alpha value is -4.80. The monoisotopic (exact) mass is 498 g/mol. The van der Waals surface area contributed by atoms with E-state index in [1.165, 1.54) is 12.4 Å². The van der Waals surface area contributed by atoms with Gasteiger partial charge in [-0.05, 0) is 47.2 Å². The van der Waals surface area contributed by atoms with E-state index in [9.17, 15) is 14.4 Å². The van der Waals surface area contributed by atoms with Crippen LogP contribution in [-0.4, -0.2) is 38.5 Å². The average molecular weight is 498 g/mol. The lowest BCUT2D eigenvalue weighted by Gasteiger charge is -2.14. The van der Waals surface area contributed by atoms with Crippen molar-refractivity contribution in [3.8, 4) is 17.1 Å². The highest BCUT2D eigenvalue weighted by molar-refractivity contribution is 5.97. The first kappa shape index (κ1) is 22.7. The van der Waals surface area contributed by atoms with Crippen molar-refractivity contribution in [3.05, 3.63) is 93.0 Å². The minimum Gasteiger partial charge on any atom is -0.493 e. The van der Waals surface area contributed by atoms with Crippen molar-refractivity contribution in [2.75, 3.05) is 6.61 Å². The first-order valence-electron chi connectivity index (χ1n) is 11.9. The number of aromatic nitrogens is 4. The fourth-order valence-corrected chi connectivity index (χ4v) is 4.73. The first-order chi connectivity index (χ1) is 18.0. The second kappa shape index (κ2) is 9.34. The molecule has 0 fully saturated rings. The van der Waals surface area contributed by atoms with E-state index >= 15 is 0 Å². The van der Waals surface area contributed by atoms with Crippen LogP contribution in [0.25, 0.3) is 11.4 Å². The van der Waals surface area contributed by atoms with Gasteiger partial charge in [0.25, 0.3) is 11.8 Å². The number of benzene rings is 2. The van der Waals surface area contributed by atoms with Gasteiger partial charge in [-0.3, -0.25) is 19.1 Å². The highest BCUT2D eigenvalue weighted by Gasteiger charge is 2.26. The number of hydrogen-bond acceptors (Lipinski definition) is 8. The number of nitrogens with one attached hydrogen (secondary N) is 3. The molecule has 6 rings (SSSR count). The van der Waals surface area contributed by atoms with E-state index in [0.717, 1.165) is 46.4 Å². The maximum absolute atomic E-state index is 13.0. The number of fused-ring (bicyclic) bond motifs is 2. The van der Waals surface area contributed by atoms with E-state index in [4.69, 9.17) is 4.74 Å². The predicted molar refractivity (Wildman–Crippen MR) is 130 cm³/mol. The molecule has 3 heterocycles. The average Bonchev–Trinajstić information content (AvgIpc) is 3.67. The first-order valence-corrected chi connectivity index (χ1v) is 11.9. The molecule has 1 atom stereocenters. The van der Waals surface area contributed by atoms with Crippen LogP contribution in [0.15, 0.2) is 58.1 Å². The van der Waals surface area contributed by atoms with Gasteiger partial charge in [-0.25, -0.2) is 14.8 Å². The molecule has 0 unspecified atom stereocenters. The number of hydrogen-bond donors (Lipinski definition) is 3. The van der Waals surface area contributed by atoms with Crippen molar-refractivity contribution in [2.24, 2.45) is 0 Å². The van der Waals surface area contributed by atoms with Gasteiger partial charge in [0, 0.05) is 24.6 Å². The van der Waals surface area contributed by atoms with Crippen molar-refractivity contribution in [1.82, 2.24) is 30.7 Å². The molecule has 2 amide bonds. The van der Waals surface area contributed by atoms with Crippen LogP contribution in [0.4, 0.5) is 0 Å². The van der Waals surface area contributed by atoms with Gasteiger partial charge < -0.3 is 15.4 Å². The van der Waals surface area contributed by atoms with Crippen LogP contribution in [0.1, 0.15) is 55.7 Å². The van der Waals surface area contributed by atoms with Crippen LogP contribution in [0.2, 0.25) is 0 Å². The minimum atomic E-state index is -0.614. The van der Waals surface area contributed by atoms with E-state index in [-0.39, 0.29) is 17.4 Å². The molecule has 37 heavy (non-hydrogen) atoms. The molecule has 4 aromatic rings. The highest BCUT2D eigenvalue weighted by Crippen LogP contribution is 2.33. The summed E-state index contributed by atoms with van der Waals surface area (Å²) in [5, 5.41) is 9.56. The number of H-pyrrole nitrogens is 1. The molecule has 2 aliphatic rings. The maximum atomic E-state index is 13.0. The summed E-state index contributed by atoms with van der Waals surface area (Å²) >= 11 is 0. The number of nitrogens with zero attached hydrogens (tertiary/aromatic N) is 3. The van der Waals surface area contributed by atoms with Crippen molar-refractivity contribution < 1.29 is 18.8 Å². The van der Waals surface area contributed by atoms with Crippen LogP contribution in [-0.2, 0) is 19.4 Å². The van der Waals surface area contributed by atoms with Gasteiger partial charge in [-0.2, -0.15) is 0 Å². The number of aromatic amines is 1. The molecular formula is C26H22N6O5. The minimum absolute atomic E-state index is 0.111. The normalized spacial score (nSPS) is 15.5. The van der Waals surface area contributed by atoms with Gasteiger partial charge >= 0.3 is 5.76 Å². The lowest BCUT2D eigenvalue weighted by Crippen LogP contribution is -2.29. The number of carbonyl (C=O) groups excluding carboxylic acids is 2. The van der Waals surface area contributed by atoms with Crippen molar-refractivity contribution in [2.45, 2.75) is 31.8 Å². The van der Waals surface area contributed by atoms with Gasteiger partial charge in [-0.15, -0.1) is 0 Å². The molecule has 0 spiro atoms. The smallest absolute Gasteiger partial charge is 0.439 e. The molecule has 3 N–H and O–H groups in total. The zero-order valence-electron chi connectivity index (χ0n) is 19.6. The third-order valence-corrected chi connectivity index (χ3v) is 6.58. The number of carbonyl (C=O) groups is 2. The largest absolute Gasteiger partial charge is 0.493 e. The summed E-state index contributed by atoms with van der Waals surface area (Å²) in [7, 11) is 0. The molecule has 1 aliphatic heterocycles. The second-order valence-electron chi connectivity index (χ2n) is 8.93. The third-order valence-electron chi connectivity index (χ3n) is 6.58. The third kappa shape index (κ3) is 4.58. The summed E-state index contributed by atoms with van der Waals surface area (Å²) < 4.78 is 10.1. The molecule has 0 saturated carbocycles. The molecule has 0 bridgehead atoms. The van der Waals surface area contributed by atoms with Crippen LogP contribution in [0, 0.1) is 0 Å². The Kier molecular flexibility index (Phi) is 5.72. The van der Waals surface area contributed by atoms with E-state index in [0.29, 0.717) is 25.4 Å². The van der Waals surface area contributed by atoms with E-state index in [1.807, 2.05) is 36.4 Å². The van der Waals surface area contributed by atoms with Crippen molar-refractivity contribution in [1.29, 1.82) is 0 Å². The van der Waals surface area contributed by atoms with Gasteiger partial charge in [0.15, 0.2) is 5.82 Å². The Morgan fingerprint density at radius 2 is 1.86 bits per heavy atom. The van der Waals surface area contributed by atoms with E-state index in [1.54, 1.807) is 0 Å². The Morgan fingerprint density at radius 1 is 1.00 bits per heavy atom. The molecule has 0 radical (unpaired) electrons. The van der Waals surface area contributed by atoms with Crippen LogP contribution >= 0.6 is 0 Å². The topological polar surface area (TPSA) is 152 Å². The Morgan fingerprint density at radius 3 is 2.70 bits per heavy atom. The summed E-state index contributed by atoms with van der Waals surface area (Å²) in [5.74, 6) is -0.150. The number of aryl methyl sites for hydroxylation is 1. The predicted octanol–water partition coefficient (Wildman–Crippen LogP) is 2.10. The number of rotatable bonds is 6. The standard InChI is InChI=1S/C26H22N6O5/c33-24(27-12-14-1-6-22-16(9-14)7-8-36-22)20-11-21(29-13-28-20)25(34)30-19-5-3-15-10-17(2-4-18(15)19)23-31-26(35)37-32-23/h1-2,4,6,9-11,13,19H,3,5,7-8,12H2,(H,27,33)(H,30,34)(H,31,32,35)/t19-/m0/s1. The van der Waals surface area contributed by atoms with Crippen LogP contribution in [0.3, 0.4) is 0 Å². The van der Waals surface area contributed by atoms with E-state index in [2.05, 4.69) is 35.3 Å². The lowest BCUT2D eigenvalue weighted by molar-refractivity contribution is 0.0931. The van der Waals surface area contributed by atoms with Gasteiger partial charge in [0.2, 0.25) is 0 Å². The van der Waals surface area contributed by atoms with E-state index < -0.39 is 17.6 Å². The summed E-state index contributed by atoms with van der Waals surface area (Å²) in [6.07, 6.45) is 3.54. The quantitative estimate of drug-likeness (QED) is 0.365. The SMILES string of the molecule is O=C(NCc1ccc2c(c1)CCO2)c1cc(C(=O)N[C@H]2CCc3cc(-c4noc(=O)[nH]4)ccc32)ncn1. The molecule has 1 aliphatic carbocycles. The molecule has 0 saturated heterocycles. The summed E-state index contributed by atoms with van der Waals surface area (Å²) in [6, 6.07) is 12.7. The molecular weight excluding hydrogens is 476 g/mol. The van der Waals surface area contributed by atoms with Gasteiger partial charge in [0.1, 0.15) is 23.5 Å². The Labute approximate surface area is 210 Å². The fourth-order valence-electron chi connectivity index (χ4n) is 4.73. The number of amides is 2. The molecule has 186 valence electrons. The number of ether oxygens (including phenoxy) is 1. The summed E-state index contributed by atoms with van der Waals surface area (Å²) in [5.41, 5.74) is 5.08. The van der Waals surface area contributed by atoms with Crippen molar-refractivity contribution in [3.63, 3.8) is 0 Å². The molecule has 11 heteroatoms. The van der Waals surface area contributed by atoms with Crippen LogP contribution < -0.4 is 21.1 Å².